The Balaban J connectivity index is 2.47. The summed E-state index contributed by atoms with van der Waals surface area (Å²) in [6.07, 6.45) is 2.43. The van der Waals surface area contributed by atoms with Gasteiger partial charge in [0.1, 0.15) is 6.04 Å². The number of aromatic amines is 1. The molecule has 0 bridgehead atoms. The lowest BCUT2D eigenvalue weighted by Crippen LogP contribution is -2.39. The highest BCUT2D eigenvalue weighted by Gasteiger charge is 2.29. The second-order valence-electron chi connectivity index (χ2n) is 4.25. The van der Waals surface area contributed by atoms with Gasteiger partial charge >= 0.3 is 5.97 Å². The predicted octanol–water partition coefficient (Wildman–Crippen LogP) is 2.09. The average Bonchev–Trinajstić information content (AvgIpc) is 2.79. The molecule has 1 aromatic carbocycles. The number of rotatable bonds is 5. The van der Waals surface area contributed by atoms with E-state index in [4.69, 9.17) is 10.3 Å². The van der Waals surface area contributed by atoms with E-state index in [9.17, 15) is 4.79 Å². The Labute approximate surface area is 104 Å². The Bertz CT molecular complexity index is 550. The van der Waals surface area contributed by atoms with Gasteiger partial charge in [0, 0.05) is 23.0 Å². The second-order valence-corrected chi connectivity index (χ2v) is 4.25. The molecule has 0 amide bonds. The van der Waals surface area contributed by atoms with Gasteiger partial charge in [-0.15, -0.1) is 0 Å². The van der Waals surface area contributed by atoms with Gasteiger partial charge in [0.15, 0.2) is 0 Å². The molecule has 0 fully saturated rings. The Hall–Kier alpha value is -1.85. The first-order valence-electron chi connectivity index (χ1n) is 5.87. The van der Waals surface area contributed by atoms with Crippen LogP contribution in [0.4, 0.5) is 0 Å². The van der Waals surface area contributed by atoms with Gasteiger partial charge in [0.05, 0.1) is 0 Å². The Kier molecular flexibility index (Phi) is 3.64. The molecule has 2 rings (SSSR count). The summed E-state index contributed by atoms with van der Waals surface area (Å²) in [4.78, 5) is 14.2. The van der Waals surface area contributed by atoms with E-state index < -0.39 is 12.0 Å². The van der Waals surface area contributed by atoms with Crippen LogP contribution >= 0.6 is 0 Å². The third kappa shape index (κ3) is 2.10. The Morgan fingerprint density at radius 1 is 1.44 bits per heavy atom. The zero-order chi connectivity index (χ0) is 13.1. The number of H-pyrrole nitrogens is 1. The molecule has 2 atom stereocenters. The van der Waals surface area contributed by atoms with E-state index in [0.717, 1.165) is 16.5 Å². The summed E-state index contributed by atoms with van der Waals surface area (Å²) < 4.78 is 0. The Morgan fingerprint density at radius 3 is 2.78 bits per heavy atom. The number of carboxylic acid groups (broad SMARTS) is 1. The molecule has 0 spiro atoms. The zero-order valence-corrected chi connectivity index (χ0v) is 10.1. The number of aliphatic carboxylic acids is 1. The van der Waals surface area contributed by atoms with Crippen molar-refractivity contribution in [1.82, 2.24) is 10.5 Å². The van der Waals surface area contributed by atoms with E-state index in [1.54, 1.807) is 0 Å². The lowest BCUT2D eigenvalue weighted by Gasteiger charge is -2.21. The molecule has 4 N–H and O–H groups in total. The SMILES string of the molecule is CCC(c1c[nH]c2ccccc12)C(NO)C(=O)O. The summed E-state index contributed by atoms with van der Waals surface area (Å²) in [5, 5.41) is 19.1. The van der Waals surface area contributed by atoms with Crippen molar-refractivity contribution in [3.63, 3.8) is 0 Å². The number of nitrogens with one attached hydrogen (secondary N) is 2. The average molecular weight is 248 g/mol. The third-order valence-corrected chi connectivity index (χ3v) is 3.27. The first-order chi connectivity index (χ1) is 8.69. The van der Waals surface area contributed by atoms with Crippen molar-refractivity contribution in [2.45, 2.75) is 25.3 Å². The minimum absolute atomic E-state index is 0.288. The number of carbonyl (C=O) groups is 1. The minimum atomic E-state index is -1.06. The molecular formula is C13H16N2O3. The molecule has 0 aliphatic carbocycles. The maximum absolute atomic E-state index is 11.1. The number of carboxylic acids is 1. The van der Waals surface area contributed by atoms with Crippen LogP contribution in [-0.2, 0) is 4.79 Å². The van der Waals surface area contributed by atoms with Crippen LogP contribution in [0.1, 0.15) is 24.8 Å². The van der Waals surface area contributed by atoms with E-state index >= 15 is 0 Å². The van der Waals surface area contributed by atoms with E-state index in [0.29, 0.717) is 6.42 Å². The molecule has 0 aliphatic heterocycles. The van der Waals surface area contributed by atoms with E-state index in [-0.39, 0.29) is 5.92 Å². The highest BCUT2D eigenvalue weighted by molar-refractivity contribution is 5.85. The van der Waals surface area contributed by atoms with Gasteiger partial charge in [-0.1, -0.05) is 25.1 Å². The summed E-state index contributed by atoms with van der Waals surface area (Å²) in [5.74, 6) is -1.35. The van der Waals surface area contributed by atoms with Crippen LogP contribution in [-0.4, -0.2) is 27.3 Å². The van der Waals surface area contributed by atoms with E-state index in [2.05, 4.69) is 4.98 Å². The normalized spacial score (nSPS) is 14.6. The number of fused-ring (bicyclic) bond motifs is 1. The van der Waals surface area contributed by atoms with E-state index in [1.807, 2.05) is 42.9 Å². The van der Waals surface area contributed by atoms with Crippen LogP contribution < -0.4 is 5.48 Å². The summed E-state index contributed by atoms with van der Waals surface area (Å²) >= 11 is 0. The van der Waals surface area contributed by atoms with Crippen molar-refractivity contribution in [2.24, 2.45) is 0 Å². The summed E-state index contributed by atoms with van der Waals surface area (Å²) in [7, 11) is 0. The predicted molar refractivity (Wildman–Crippen MR) is 67.7 cm³/mol. The molecule has 5 nitrogen and oxygen atoms in total. The van der Waals surface area contributed by atoms with Gasteiger partial charge in [-0.05, 0) is 18.1 Å². The van der Waals surface area contributed by atoms with Crippen LogP contribution in [0.5, 0.6) is 0 Å². The number of hydroxylamine groups is 1. The number of hydrogen-bond acceptors (Lipinski definition) is 3. The largest absolute Gasteiger partial charge is 0.480 e. The molecule has 1 aromatic heterocycles. The van der Waals surface area contributed by atoms with Crippen LogP contribution in [0.3, 0.4) is 0 Å². The van der Waals surface area contributed by atoms with Crippen LogP contribution in [0.2, 0.25) is 0 Å². The van der Waals surface area contributed by atoms with Gasteiger partial charge in [-0.2, -0.15) is 5.48 Å². The summed E-state index contributed by atoms with van der Waals surface area (Å²) in [5.41, 5.74) is 3.76. The topological polar surface area (TPSA) is 85.4 Å². The molecule has 2 unspecified atom stereocenters. The lowest BCUT2D eigenvalue weighted by molar-refractivity contribution is -0.143. The molecular weight excluding hydrogens is 232 g/mol. The highest BCUT2D eigenvalue weighted by atomic mass is 16.5. The first-order valence-corrected chi connectivity index (χ1v) is 5.87. The maximum atomic E-state index is 11.1. The van der Waals surface area contributed by atoms with Gasteiger partial charge in [0.2, 0.25) is 0 Å². The van der Waals surface area contributed by atoms with Crippen molar-refractivity contribution in [1.29, 1.82) is 0 Å². The standard InChI is InChI=1S/C13H16N2O3/c1-2-8(12(15-18)13(16)17)10-7-14-11-6-4-3-5-9(10)11/h3-8,12,14-15,18H,2H2,1H3,(H,16,17). The molecule has 0 radical (unpaired) electrons. The summed E-state index contributed by atoms with van der Waals surface area (Å²) in [6.45, 7) is 1.90. The smallest absolute Gasteiger partial charge is 0.323 e. The zero-order valence-electron chi connectivity index (χ0n) is 10.1. The van der Waals surface area contributed by atoms with Crippen molar-refractivity contribution in [2.75, 3.05) is 0 Å². The molecule has 0 aliphatic rings. The fourth-order valence-electron chi connectivity index (χ4n) is 2.35. The molecule has 18 heavy (non-hydrogen) atoms. The molecule has 0 saturated carbocycles. The summed E-state index contributed by atoms with van der Waals surface area (Å²) in [6, 6.07) is 6.71. The number of benzene rings is 1. The lowest BCUT2D eigenvalue weighted by atomic mass is 9.89. The van der Waals surface area contributed by atoms with Crippen LogP contribution in [0.15, 0.2) is 30.5 Å². The highest BCUT2D eigenvalue weighted by Crippen LogP contribution is 2.30. The first kappa shape index (κ1) is 12.6. The van der Waals surface area contributed by atoms with Gasteiger partial charge in [0.25, 0.3) is 0 Å². The molecule has 5 heteroatoms. The van der Waals surface area contributed by atoms with Crippen LogP contribution in [0, 0.1) is 0 Å². The molecule has 2 aromatic rings. The third-order valence-electron chi connectivity index (χ3n) is 3.27. The second kappa shape index (κ2) is 5.20. The van der Waals surface area contributed by atoms with Crippen molar-refractivity contribution >= 4 is 16.9 Å². The fourth-order valence-corrected chi connectivity index (χ4v) is 2.35. The van der Waals surface area contributed by atoms with Crippen LogP contribution in [0.25, 0.3) is 10.9 Å². The number of hydrogen-bond donors (Lipinski definition) is 4. The number of para-hydroxylation sites is 1. The Morgan fingerprint density at radius 2 is 2.17 bits per heavy atom. The fraction of sp³-hybridized carbons (Fsp3) is 0.308. The number of aromatic nitrogens is 1. The van der Waals surface area contributed by atoms with Crippen molar-refractivity contribution in [3.8, 4) is 0 Å². The van der Waals surface area contributed by atoms with Gasteiger partial charge in [-0.3, -0.25) is 4.79 Å². The van der Waals surface area contributed by atoms with Gasteiger partial charge < -0.3 is 15.3 Å². The monoisotopic (exact) mass is 248 g/mol. The van der Waals surface area contributed by atoms with Crippen molar-refractivity contribution in [3.05, 3.63) is 36.0 Å². The van der Waals surface area contributed by atoms with E-state index in [1.165, 1.54) is 0 Å². The molecule has 0 saturated heterocycles. The quantitative estimate of drug-likeness (QED) is 0.610. The minimum Gasteiger partial charge on any atom is -0.480 e. The maximum Gasteiger partial charge on any atom is 0.323 e. The molecule has 96 valence electrons. The van der Waals surface area contributed by atoms with Gasteiger partial charge in [-0.25, -0.2) is 0 Å². The van der Waals surface area contributed by atoms with Crippen molar-refractivity contribution < 1.29 is 15.1 Å². The molecule has 1 heterocycles.